The van der Waals surface area contributed by atoms with E-state index in [4.69, 9.17) is 4.42 Å². The van der Waals surface area contributed by atoms with Crippen LogP contribution in [0.15, 0.2) is 76.8 Å². The largest absolute Gasteiger partial charge is 0.505 e. The third kappa shape index (κ3) is 3.11. The summed E-state index contributed by atoms with van der Waals surface area (Å²) in [6.45, 7) is 0. The maximum absolute atomic E-state index is 13.8. The van der Waals surface area contributed by atoms with Crippen molar-refractivity contribution in [2.45, 2.75) is 47.3 Å². The minimum Gasteiger partial charge on any atom is -0.505 e. The van der Waals surface area contributed by atoms with Gasteiger partial charge in [0.05, 0.1) is 5.69 Å². The Labute approximate surface area is 206 Å². The van der Waals surface area contributed by atoms with E-state index in [1.165, 1.54) is 24.3 Å². The first-order valence-corrected chi connectivity index (χ1v) is 12.7. The molecule has 172 valence electrons. The molecule has 4 aromatic rings. The van der Waals surface area contributed by atoms with Gasteiger partial charge in [-0.05, 0) is 60.9 Å². The lowest BCUT2D eigenvalue weighted by atomic mass is 9.68. The van der Waals surface area contributed by atoms with Gasteiger partial charge in [0.25, 0.3) is 5.56 Å². The van der Waals surface area contributed by atoms with Crippen LogP contribution < -0.4 is 11.2 Å². The van der Waals surface area contributed by atoms with Crippen LogP contribution in [0.3, 0.4) is 0 Å². The molecule has 1 aliphatic heterocycles. The number of nitrogens with zero attached hydrogens (tertiary/aromatic N) is 1. The highest BCUT2D eigenvalue weighted by Gasteiger charge is 2.45. The highest BCUT2D eigenvalue weighted by atomic mass is 79.9. The molecule has 6 rings (SSSR count). The molecule has 0 atom stereocenters. The molecular formula is C26H19BrFNO4S. The van der Waals surface area contributed by atoms with Gasteiger partial charge in [0.15, 0.2) is 5.75 Å². The van der Waals surface area contributed by atoms with E-state index in [0.717, 1.165) is 65.3 Å². The molecule has 1 spiro atoms. The molecule has 2 aromatic carbocycles. The van der Waals surface area contributed by atoms with Crippen LogP contribution in [0.2, 0.25) is 0 Å². The molecule has 1 fully saturated rings. The van der Waals surface area contributed by atoms with E-state index in [2.05, 4.69) is 22.0 Å². The van der Waals surface area contributed by atoms with Crippen molar-refractivity contribution < 1.29 is 13.9 Å². The van der Waals surface area contributed by atoms with E-state index < -0.39 is 22.8 Å². The molecule has 0 radical (unpaired) electrons. The summed E-state index contributed by atoms with van der Waals surface area (Å²) in [7, 11) is 0. The molecule has 1 N–H and O–H groups in total. The lowest BCUT2D eigenvalue weighted by Crippen LogP contribution is -2.31. The first kappa shape index (κ1) is 21.7. The van der Waals surface area contributed by atoms with Gasteiger partial charge in [0, 0.05) is 26.5 Å². The van der Waals surface area contributed by atoms with Gasteiger partial charge in [-0.2, -0.15) is 0 Å². The van der Waals surface area contributed by atoms with Crippen molar-refractivity contribution in [3.63, 3.8) is 0 Å². The van der Waals surface area contributed by atoms with Crippen LogP contribution in [-0.2, 0) is 5.41 Å². The highest BCUT2D eigenvalue weighted by Crippen LogP contribution is 2.52. The van der Waals surface area contributed by atoms with Gasteiger partial charge < -0.3 is 9.52 Å². The molecule has 0 bridgehead atoms. The maximum atomic E-state index is 13.8. The molecule has 0 amide bonds. The number of hydrogen-bond acceptors (Lipinski definition) is 5. The monoisotopic (exact) mass is 539 g/mol. The third-order valence-corrected chi connectivity index (χ3v) is 8.52. The Morgan fingerprint density at radius 2 is 1.76 bits per heavy atom. The van der Waals surface area contributed by atoms with Crippen LogP contribution in [-0.4, -0.2) is 9.67 Å². The van der Waals surface area contributed by atoms with Crippen LogP contribution in [0.1, 0.15) is 43.4 Å². The Morgan fingerprint density at radius 1 is 1.03 bits per heavy atom. The number of aromatic hydroxyl groups is 1. The van der Waals surface area contributed by atoms with Crippen molar-refractivity contribution in [3.05, 3.63) is 90.9 Å². The van der Waals surface area contributed by atoms with E-state index in [9.17, 15) is 19.1 Å². The minimum atomic E-state index is -0.736. The van der Waals surface area contributed by atoms with Crippen LogP contribution in [0.25, 0.3) is 16.7 Å². The number of hydrogen-bond donors (Lipinski definition) is 1. The molecule has 5 nitrogen and oxygen atoms in total. The summed E-state index contributed by atoms with van der Waals surface area (Å²) in [6.07, 6.45) is 5.02. The normalized spacial score (nSPS) is 16.1. The number of aromatic nitrogens is 1. The van der Waals surface area contributed by atoms with Crippen molar-refractivity contribution >= 4 is 38.7 Å². The van der Waals surface area contributed by atoms with Gasteiger partial charge in [-0.15, -0.1) is 0 Å². The average Bonchev–Trinajstić information content (AvgIpc) is 3.07. The van der Waals surface area contributed by atoms with Crippen molar-refractivity contribution in [1.82, 2.24) is 4.57 Å². The SMILES string of the molecule is O=c1oc2cc3n(c(=O)c2c(O)c1Sc1ccc(F)cc1)-c1ccc(Br)cc1C31CCCCC1. The fraction of sp³-hybridized carbons (Fsp3) is 0.231. The molecule has 1 aliphatic carbocycles. The second-order valence-corrected chi connectivity index (χ2v) is 10.8. The van der Waals surface area contributed by atoms with Gasteiger partial charge >= 0.3 is 5.63 Å². The molecule has 3 heterocycles. The Kier molecular flexibility index (Phi) is 5.00. The van der Waals surface area contributed by atoms with Gasteiger partial charge in [0.2, 0.25) is 0 Å². The van der Waals surface area contributed by atoms with Crippen LogP contribution in [0.4, 0.5) is 4.39 Å². The van der Waals surface area contributed by atoms with Crippen molar-refractivity contribution in [1.29, 1.82) is 0 Å². The average molecular weight is 540 g/mol. The molecule has 0 unspecified atom stereocenters. The number of benzene rings is 2. The van der Waals surface area contributed by atoms with Crippen LogP contribution in [0.5, 0.6) is 5.75 Å². The van der Waals surface area contributed by atoms with Gasteiger partial charge in [-0.1, -0.05) is 47.0 Å². The van der Waals surface area contributed by atoms with Crippen molar-refractivity contribution in [3.8, 4) is 11.4 Å². The zero-order chi connectivity index (χ0) is 23.6. The predicted octanol–water partition coefficient (Wildman–Crippen LogP) is 6.27. The maximum Gasteiger partial charge on any atom is 0.354 e. The summed E-state index contributed by atoms with van der Waals surface area (Å²) in [5.41, 5.74) is 1.28. The lowest BCUT2D eigenvalue weighted by molar-refractivity contribution is 0.346. The zero-order valence-electron chi connectivity index (χ0n) is 17.9. The lowest BCUT2D eigenvalue weighted by Gasteiger charge is -2.34. The standard InChI is InChI=1S/C26H19BrFNO4S/c27-14-4-9-18-17(12-14)26(10-2-1-3-11-26)20-13-19-21(24(31)29(18)20)22(30)23(25(32)33-19)34-16-7-5-15(28)6-8-16/h4-9,12-13,30H,1-3,10-11H2. The van der Waals surface area contributed by atoms with Gasteiger partial charge in [-0.25, -0.2) is 9.18 Å². The van der Waals surface area contributed by atoms with Gasteiger partial charge in [0.1, 0.15) is 21.7 Å². The summed E-state index contributed by atoms with van der Waals surface area (Å²) < 4.78 is 21.5. The third-order valence-electron chi connectivity index (χ3n) is 6.96. The molecule has 0 saturated heterocycles. The minimum absolute atomic E-state index is 0.0327. The number of fused-ring (bicyclic) bond motifs is 6. The van der Waals surface area contributed by atoms with E-state index >= 15 is 0 Å². The predicted molar refractivity (Wildman–Crippen MR) is 132 cm³/mol. The van der Waals surface area contributed by atoms with E-state index in [1.54, 1.807) is 10.6 Å². The Balaban J connectivity index is 1.62. The Bertz CT molecular complexity index is 1590. The first-order chi connectivity index (χ1) is 16.4. The zero-order valence-corrected chi connectivity index (χ0v) is 20.3. The first-order valence-electron chi connectivity index (χ1n) is 11.1. The molecule has 2 aromatic heterocycles. The number of pyridine rings is 1. The highest BCUT2D eigenvalue weighted by molar-refractivity contribution is 9.10. The molecule has 2 aliphatic rings. The number of rotatable bonds is 2. The summed E-state index contributed by atoms with van der Waals surface area (Å²) in [4.78, 5) is 27.1. The summed E-state index contributed by atoms with van der Waals surface area (Å²) in [6, 6.07) is 13.2. The quantitative estimate of drug-likeness (QED) is 0.325. The summed E-state index contributed by atoms with van der Waals surface area (Å²) in [5.74, 6) is -0.820. The van der Waals surface area contributed by atoms with Gasteiger partial charge in [-0.3, -0.25) is 9.36 Å². The van der Waals surface area contributed by atoms with Crippen LogP contribution >= 0.6 is 27.7 Å². The molecule has 8 heteroatoms. The van der Waals surface area contributed by atoms with E-state index in [0.29, 0.717) is 4.90 Å². The summed E-state index contributed by atoms with van der Waals surface area (Å²) >= 11 is 4.51. The van der Waals surface area contributed by atoms with Crippen LogP contribution in [0, 0.1) is 5.82 Å². The topological polar surface area (TPSA) is 72.4 Å². The molecular weight excluding hydrogens is 521 g/mol. The van der Waals surface area contributed by atoms with E-state index in [1.807, 2.05) is 12.1 Å². The molecule has 1 saturated carbocycles. The van der Waals surface area contributed by atoms with E-state index in [-0.39, 0.29) is 21.3 Å². The number of halogens is 2. The Hall–Kier alpha value is -2.84. The fourth-order valence-corrected chi connectivity index (χ4v) is 6.64. The molecule has 34 heavy (non-hydrogen) atoms. The van der Waals surface area contributed by atoms with Crippen molar-refractivity contribution in [2.75, 3.05) is 0 Å². The smallest absolute Gasteiger partial charge is 0.354 e. The second kappa shape index (κ2) is 7.85. The summed E-state index contributed by atoms with van der Waals surface area (Å²) in [5, 5.41) is 11.0. The Morgan fingerprint density at radius 3 is 2.50 bits per heavy atom. The van der Waals surface area contributed by atoms with Crippen molar-refractivity contribution in [2.24, 2.45) is 0 Å². The fourth-order valence-electron chi connectivity index (χ4n) is 5.45. The second-order valence-electron chi connectivity index (χ2n) is 8.84.